The molecule has 3 rings (SSSR count). The van der Waals surface area contributed by atoms with Crippen LogP contribution >= 0.6 is 0 Å². The first kappa shape index (κ1) is 21.7. The summed E-state index contributed by atoms with van der Waals surface area (Å²) in [5.74, 6) is -1.92. The van der Waals surface area contributed by atoms with Gasteiger partial charge in [0.15, 0.2) is 5.78 Å². The summed E-state index contributed by atoms with van der Waals surface area (Å²) in [7, 11) is 1.22. The maximum absolute atomic E-state index is 13.0. The van der Waals surface area contributed by atoms with Gasteiger partial charge in [0.1, 0.15) is 5.54 Å². The number of rotatable bonds is 6. The summed E-state index contributed by atoms with van der Waals surface area (Å²) in [6.45, 7) is 4.00. The number of non-ortho nitro benzene ring substituents is 1. The highest BCUT2D eigenvalue weighted by molar-refractivity contribution is 6.11. The van der Waals surface area contributed by atoms with Gasteiger partial charge in [-0.15, -0.1) is 0 Å². The van der Waals surface area contributed by atoms with Crippen molar-refractivity contribution in [3.63, 3.8) is 0 Å². The highest BCUT2D eigenvalue weighted by Crippen LogP contribution is 2.31. The first-order chi connectivity index (χ1) is 14.5. The van der Waals surface area contributed by atoms with Gasteiger partial charge in [0.05, 0.1) is 29.8 Å². The number of methoxy groups -OCH3 is 1. The minimum Gasteiger partial charge on any atom is -0.465 e. The van der Waals surface area contributed by atoms with Crippen molar-refractivity contribution in [2.24, 2.45) is 0 Å². The molecule has 0 aliphatic carbocycles. The van der Waals surface area contributed by atoms with E-state index < -0.39 is 40.7 Å². The molecule has 1 aromatic heterocycles. The van der Waals surface area contributed by atoms with Gasteiger partial charge in [0.25, 0.3) is 11.6 Å². The van der Waals surface area contributed by atoms with Crippen LogP contribution in [0, 0.1) is 24.0 Å². The Balaban J connectivity index is 1.89. The molecule has 31 heavy (non-hydrogen) atoms. The average Bonchev–Trinajstić information content (AvgIpc) is 3.15. The number of nitrogens with one attached hydrogen (secondary N) is 2. The van der Waals surface area contributed by atoms with Crippen LogP contribution in [0.2, 0.25) is 0 Å². The fraction of sp³-hybridized carbons (Fsp3) is 0.300. The minimum atomic E-state index is -1.57. The van der Waals surface area contributed by atoms with Crippen molar-refractivity contribution in [2.75, 3.05) is 13.7 Å². The van der Waals surface area contributed by atoms with E-state index in [2.05, 4.69) is 10.3 Å². The Kier molecular flexibility index (Phi) is 5.36. The van der Waals surface area contributed by atoms with Gasteiger partial charge in [-0.05, 0) is 31.9 Å². The van der Waals surface area contributed by atoms with E-state index in [1.165, 1.54) is 38.3 Å². The van der Waals surface area contributed by atoms with Crippen molar-refractivity contribution < 1.29 is 28.8 Å². The van der Waals surface area contributed by atoms with Crippen molar-refractivity contribution in [3.8, 4) is 0 Å². The van der Waals surface area contributed by atoms with Gasteiger partial charge in [-0.1, -0.05) is 12.1 Å². The van der Waals surface area contributed by atoms with E-state index in [1.807, 2.05) is 0 Å². The molecule has 1 saturated heterocycles. The van der Waals surface area contributed by atoms with Gasteiger partial charge >= 0.3 is 12.0 Å². The van der Waals surface area contributed by atoms with Crippen molar-refractivity contribution >= 4 is 29.4 Å². The lowest BCUT2D eigenvalue weighted by molar-refractivity contribution is -0.385. The summed E-state index contributed by atoms with van der Waals surface area (Å²) in [5.41, 5.74) is -0.513. The summed E-state index contributed by atoms with van der Waals surface area (Å²) >= 11 is 0. The molecular weight excluding hydrogens is 408 g/mol. The fourth-order valence-electron chi connectivity index (χ4n) is 3.63. The molecule has 2 aromatic rings. The number of aromatic amines is 1. The molecule has 0 bridgehead atoms. The van der Waals surface area contributed by atoms with E-state index in [0.29, 0.717) is 11.3 Å². The van der Waals surface area contributed by atoms with Crippen LogP contribution in [-0.4, -0.2) is 52.2 Å². The van der Waals surface area contributed by atoms with Gasteiger partial charge in [-0.25, -0.2) is 9.59 Å². The van der Waals surface area contributed by atoms with Gasteiger partial charge in [0.2, 0.25) is 0 Å². The van der Waals surface area contributed by atoms with E-state index in [-0.39, 0.29) is 22.5 Å². The maximum Gasteiger partial charge on any atom is 0.339 e. The highest BCUT2D eigenvalue weighted by atomic mass is 16.6. The molecule has 1 aliphatic heterocycles. The number of hydrogen-bond acceptors (Lipinski definition) is 7. The number of esters is 1. The number of benzene rings is 1. The number of urea groups is 1. The molecular formula is C20H20N4O7. The average molecular weight is 428 g/mol. The normalized spacial score (nSPS) is 18.1. The first-order valence-corrected chi connectivity index (χ1v) is 9.21. The van der Waals surface area contributed by atoms with Crippen molar-refractivity contribution in [1.82, 2.24) is 15.2 Å². The number of nitrogens with zero attached hydrogens (tertiary/aromatic N) is 2. The number of ether oxygens (including phenoxy) is 1. The van der Waals surface area contributed by atoms with E-state index in [4.69, 9.17) is 4.74 Å². The quantitative estimate of drug-likeness (QED) is 0.235. The van der Waals surface area contributed by atoms with Gasteiger partial charge in [-0.2, -0.15) is 0 Å². The number of carbonyl (C=O) groups is 4. The van der Waals surface area contributed by atoms with E-state index in [9.17, 15) is 29.3 Å². The van der Waals surface area contributed by atoms with Gasteiger partial charge in [-0.3, -0.25) is 24.6 Å². The van der Waals surface area contributed by atoms with Gasteiger partial charge < -0.3 is 15.0 Å². The zero-order valence-electron chi connectivity index (χ0n) is 17.3. The molecule has 162 valence electrons. The lowest BCUT2D eigenvalue weighted by Gasteiger charge is -2.21. The van der Waals surface area contributed by atoms with Crippen LogP contribution in [-0.2, 0) is 15.1 Å². The molecule has 2 N–H and O–H groups in total. The van der Waals surface area contributed by atoms with E-state index in [1.54, 1.807) is 13.8 Å². The summed E-state index contributed by atoms with van der Waals surface area (Å²) in [6, 6.07) is 4.56. The molecule has 0 saturated carbocycles. The molecule has 2 heterocycles. The Hall–Kier alpha value is -4.02. The summed E-state index contributed by atoms with van der Waals surface area (Å²) in [4.78, 5) is 64.3. The maximum atomic E-state index is 13.0. The molecule has 0 radical (unpaired) electrons. The largest absolute Gasteiger partial charge is 0.465 e. The monoisotopic (exact) mass is 428 g/mol. The third-order valence-electron chi connectivity index (χ3n) is 5.32. The number of H-pyrrole nitrogens is 1. The Morgan fingerprint density at radius 3 is 2.55 bits per heavy atom. The highest BCUT2D eigenvalue weighted by Gasteiger charge is 2.50. The Bertz CT molecular complexity index is 1140. The zero-order valence-corrected chi connectivity index (χ0v) is 17.3. The number of Topliss-reactive ketones (excluding diaryl/α,β-unsaturated/α-hetero) is 1. The molecule has 1 aliphatic rings. The summed E-state index contributed by atoms with van der Waals surface area (Å²) in [5, 5.41) is 13.6. The molecule has 1 fully saturated rings. The number of carbonyl (C=O) groups excluding carboxylic acids is 4. The second-order valence-corrected chi connectivity index (χ2v) is 7.29. The Morgan fingerprint density at radius 2 is 1.94 bits per heavy atom. The van der Waals surface area contributed by atoms with Gasteiger partial charge in [0, 0.05) is 17.8 Å². The minimum absolute atomic E-state index is 0.0856. The van der Waals surface area contributed by atoms with Crippen LogP contribution in [0.15, 0.2) is 24.3 Å². The molecule has 11 nitrogen and oxygen atoms in total. The van der Waals surface area contributed by atoms with Crippen LogP contribution in [0.4, 0.5) is 10.5 Å². The Labute approximate surface area is 176 Å². The van der Waals surface area contributed by atoms with Crippen molar-refractivity contribution in [1.29, 1.82) is 0 Å². The zero-order chi connectivity index (χ0) is 23.1. The van der Waals surface area contributed by atoms with Crippen LogP contribution in [0.1, 0.15) is 44.6 Å². The molecule has 0 spiro atoms. The first-order valence-electron chi connectivity index (χ1n) is 9.21. The molecule has 3 amide bonds. The summed E-state index contributed by atoms with van der Waals surface area (Å²) < 4.78 is 4.71. The number of nitro groups is 1. The predicted molar refractivity (Wildman–Crippen MR) is 107 cm³/mol. The SMILES string of the molecule is COC(=O)c1c(C)[nH]c(C(=O)CN2C(=O)NC(C)(c3cccc([N+](=O)[O-])c3)C2=O)c1C. The smallest absolute Gasteiger partial charge is 0.339 e. The molecule has 1 aromatic carbocycles. The lowest BCUT2D eigenvalue weighted by atomic mass is 9.91. The Morgan fingerprint density at radius 1 is 1.26 bits per heavy atom. The number of aryl methyl sites for hydroxylation is 1. The topological polar surface area (TPSA) is 152 Å². The second kappa shape index (κ2) is 7.67. The fourth-order valence-corrected chi connectivity index (χ4v) is 3.63. The van der Waals surface area contributed by atoms with Crippen LogP contribution in [0.25, 0.3) is 0 Å². The second-order valence-electron chi connectivity index (χ2n) is 7.29. The number of amides is 3. The van der Waals surface area contributed by atoms with Crippen molar-refractivity contribution in [2.45, 2.75) is 26.3 Å². The number of hydrogen-bond donors (Lipinski definition) is 2. The van der Waals surface area contributed by atoms with E-state index in [0.717, 1.165) is 4.90 Å². The standard InChI is InChI=1S/C20H20N4O7/c1-10-15(17(26)31-4)11(2)21-16(10)14(25)9-23-18(27)20(3,22-19(23)28)12-6-5-7-13(8-12)24(29)30/h5-8,21H,9H2,1-4H3,(H,22,28). The lowest BCUT2D eigenvalue weighted by Crippen LogP contribution is -2.41. The number of ketones is 1. The third kappa shape index (κ3) is 3.54. The number of nitro benzene ring substituents is 1. The number of imide groups is 1. The predicted octanol–water partition coefficient (Wildman–Crippen LogP) is 1.98. The van der Waals surface area contributed by atoms with E-state index >= 15 is 0 Å². The summed E-state index contributed by atoms with van der Waals surface area (Å²) in [6.07, 6.45) is 0. The van der Waals surface area contributed by atoms with Crippen LogP contribution in [0.5, 0.6) is 0 Å². The molecule has 11 heteroatoms. The van der Waals surface area contributed by atoms with Crippen molar-refractivity contribution in [3.05, 3.63) is 62.5 Å². The number of aromatic nitrogens is 1. The molecule has 1 atom stereocenters. The van der Waals surface area contributed by atoms with Crippen LogP contribution < -0.4 is 5.32 Å². The van der Waals surface area contributed by atoms with Crippen LogP contribution in [0.3, 0.4) is 0 Å². The third-order valence-corrected chi connectivity index (χ3v) is 5.32. The molecule has 1 unspecified atom stereocenters.